The first-order valence-corrected chi connectivity index (χ1v) is 9.01. The molecule has 5 nitrogen and oxygen atoms in total. The van der Waals surface area contributed by atoms with Crippen molar-refractivity contribution in [3.8, 4) is 0 Å². The van der Waals surface area contributed by atoms with Crippen LogP contribution in [0.5, 0.6) is 0 Å². The number of ether oxygens (including phenoxy) is 2. The minimum atomic E-state index is -0.00199. The molecular weight excluding hydrogens is 360 g/mol. The number of anilines is 1. The van der Waals surface area contributed by atoms with Crippen LogP contribution >= 0.6 is 15.9 Å². The molecule has 2 heterocycles. The van der Waals surface area contributed by atoms with Crippen LogP contribution in [-0.2, 0) is 14.3 Å². The lowest BCUT2D eigenvalue weighted by Gasteiger charge is -2.33. The van der Waals surface area contributed by atoms with Gasteiger partial charge < -0.3 is 19.7 Å². The summed E-state index contributed by atoms with van der Waals surface area (Å²) in [6.07, 6.45) is 2.69. The highest BCUT2D eigenvalue weighted by molar-refractivity contribution is 9.10. The summed E-state index contributed by atoms with van der Waals surface area (Å²) in [5.41, 5.74) is 0.840. The van der Waals surface area contributed by atoms with Crippen molar-refractivity contribution in [1.29, 1.82) is 0 Å². The maximum absolute atomic E-state index is 12.0. The van der Waals surface area contributed by atoms with Gasteiger partial charge in [-0.1, -0.05) is 15.9 Å². The molecule has 1 N–H and O–H groups in total. The maximum Gasteiger partial charge on any atom is 0.225 e. The minimum Gasteiger partial charge on any atom is -0.350 e. The van der Waals surface area contributed by atoms with Crippen LogP contribution in [0, 0.1) is 5.92 Å². The van der Waals surface area contributed by atoms with Crippen molar-refractivity contribution >= 4 is 27.5 Å². The van der Waals surface area contributed by atoms with Gasteiger partial charge in [-0.05, 0) is 50.2 Å². The Bertz CT molecular complexity index is 509. The Morgan fingerprint density at radius 1 is 1.17 bits per heavy atom. The summed E-state index contributed by atoms with van der Waals surface area (Å²) < 4.78 is 12.2. The van der Waals surface area contributed by atoms with Crippen molar-refractivity contribution < 1.29 is 14.3 Å². The number of carbonyl (C=O) groups excluding carboxylic acids is 1. The summed E-state index contributed by atoms with van der Waals surface area (Å²) in [5.74, 6) is 0.572. The third-order valence-corrected chi connectivity index (χ3v) is 4.98. The molecule has 1 amide bonds. The third-order valence-electron chi connectivity index (χ3n) is 4.45. The van der Waals surface area contributed by atoms with Crippen LogP contribution in [0.15, 0.2) is 28.7 Å². The van der Waals surface area contributed by atoms with Gasteiger partial charge in [0.05, 0.1) is 13.2 Å². The van der Waals surface area contributed by atoms with Gasteiger partial charge in [-0.25, -0.2) is 0 Å². The molecule has 126 valence electrons. The Balaban J connectivity index is 1.36. The number of benzene rings is 1. The van der Waals surface area contributed by atoms with Crippen LogP contribution < -0.4 is 5.32 Å². The van der Waals surface area contributed by atoms with Crippen LogP contribution in [0.3, 0.4) is 0 Å². The number of nitrogens with zero attached hydrogens (tertiary/aromatic N) is 1. The average Bonchev–Trinajstić information content (AvgIpc) is 3.10. The number of piperidine rings is 1. The molecule has 0 aliphatic carbocycles. The average molecular weight is 383 g/mol. The normalized spacial score (nSPS) is 20.7. The van der Waals surface area contributed by atoms with Crippen LogP contribution in [-0.4, -0.2) is 49.9 Å². The lowest BCUT2D eigenvalue weighted by atomic mass is 9.96. The zero-order valence-electron chi connectivity index (χ0n) is 13.2. The molecule has 2 aliphatic heterocycles. The number of likely N-dealkylation sites (tertiary alicyclic amines) is 1. The zero-order chi connectivity index (χ0) is 16.1. The number of halogens is 1. The van der Waals surface area contributed by atoms with Crippen molar-refractivity contribution in [3.63, 3.8) is 0 Å². The largest absolute Gasteiger partial charge is 0.350 e. The molecule has 23 heavy (non-hydrogen) atoms. The van der Waals surface area contributed by atoms with E-state index < -0.39 is 0 Å². The Kier molecular flexibility index (Phi) is 6.05. The van der Waals surface area contributed by atoms with E-state index in [-0.39, 0.29) is 12.2 Å². The van der Waals surface area contributed by atoms with Crippen LogP contribution in [0.2, 0.25) is 0 Å². The second kappa shape index (κ2) is 8.24. The molecular formula is C17H23BrN2O3. The van der Waals surface area contributed by atoms with Gasteiger partial charge in [-0.15, -0.1) is 0 Å². The van der Waals surface area contributed by atoms with Crippen molar-refractivity contribution in [2.75, 3.05) is 38.2 Å². The van der Waals surface area contributed by atoms with Gasteiger partial charge in [0.15, 0.2) is 6.29 Å². The summed E-state index contributed by atoms with van der Waals surface area (Å²) in [6.45, 7) is 4.28. The number of hydrogen-bond acceptors (Lipinski definition) is 4. The second-order valence-corrected chi connectivity index (χ2v) is 7.01. The molecule has 2 saturated heterocycles. The highest BCUT2D eigenvalue weighted by atomic mass is 79.9. The van der Waals surface area contributed by atoms with Crippen molar-refractivity contribution in [3.05, 3.63) is 28.7 Å². The standard InChI is InChI=1S/C17H23BrN2O3/c18-14-1-3-15(4-2-14)19-16(21)7-10-20-8-5-13(6-9-20)17-22-11-12-23-17/h1-4,13,17H,5-12H2,(H,19,21). The van der Waals surface area contributed by atoms with Gasteiger partial charge in [0.2, 0.25) is 5.91 Å². The second-order valence-electron chi connectivity index (χ2n) is 6.09. The van der Waals surface area contributed by atoms with E-state index in [1.165, 1.54) is 0 Å². The summed E-state index contributed by atoms with van der Waals surface area (Å²) in [4.78, 5) is 14.4. The van der Waals surface area contributed by atoms with Gasteiger partial charge in [0.1, 0.15) is 0 Å². The van der Waals surface area contributed by atoms with Gasteiger partial charge in [0, 0.05) is 29.0 Å². The van der Waals surface area contributed by atoms with E-state index in [1.54, 1.807) is 0 Å². The predicted octanol–water partition coefficient (Wildman–Crippen LogP) is 2.86. The Hall–Kier alpha value is -0.950. The molecule has 2 fully saturated rings. The lowest BCUT2D eigenvalue weighted by molar-refractivity contribution is -0.117. The van der Waals surface area contributed by atoms with Gasteiger partial charge in [0.25, 0.3) is 0 Å². The summed E-state index contributed by atoms with van der Waals surface area (Å²) in [6, 6.07) is 7.64. The highest BCUT2D eigenvalue weighted by Gasteiger charge is 2.30. The lowest BCUT2D eigenvalue weighted by Crippen LogP contribution is -2.39. The van der Waals surface area contributed by atoms with Crippen molar-refractivity contribution in [2.45, 2.75) is 25.6 Å². The monoisotopic (exact) mass is 382 g/mol. The summed E-state index contributed by atoms with van der Waals surface area (Å²) in [5, 5.41) is 2.94. The molecule has 0 atom stereocenters. The van der Waals surface area contributed by atoms with E-state index in [0.29, 0.717) is 12.3 Å². The fraction of sp³-hybridized carbons (Fsp3) is 0.588. The molecule has 0 unspecified atom stereocenters. The third kappa shape index (κ3) is 5.01. The number of nitrogens with one attached hydrogen (secondary N) is 1. The smallest absolute Gasteiger partial charge is 0.225 e. The van der Waals surface area contributed by atoms with Crippen LogP contribution in [0.4, 0.5) is 5.69 Å². The highest BCUT2D eigenvalue weighted by Crippen LogP contribution is 2.25. The van der Waals surface area contributed by atoms with Crippen LogP contribution in [0.25, 0.3) is 0 Å². The van der Waals surface area contributed by atoms with Crippen molar-refractivity contribution in [1.82, 2.24) is 4.90 Å². The van der Waals surface area contributed by atoms with E-state index in [4.69, 9.17) is 9.47 Å². The van der Waals surface area contributed by atoms with Crippen LogP contribution in [0.1, 0.15) is 19.3 Å². The number of carbonyl (C=O) groups is 1. The summed E-state index contributed by atoms with van der Waals surface area (Å²) in [7, 11) is 0. The molecule has 1 aromatic carbocycles. The SMILES string of the molecule is O=C(CCN1CCC(C2OCCO2)CC1)Nc1ccc(Br)cc1. The number of rotatable bonds is 5. The molecule has 2 aliphatic rings. The van der Waals surface area contributed by atoms with E-state index in [0.717, 1.165) is 55.8 Å². The first kappa shape index (κ1) is 16.9. The predicted molar refractivity (Wildman–Crippen MR) is 92.2 cm³/mol. The fourth-order valence-electron chi connectivity index (χ4n) is 3.11. The maximum atomic E-state index is 12.0. The zero-order valence-corrected chi connectivity index (χ0v) is 14.8. The van der Waals surface area contributed by atoms with E-state index >= 15 is 0 Å². The van der Waals surface area contributed by atoms with E-state index in [9.17, 15) is 4.79 Å². The van der Waals surface area contributed by atoms with E-state index in [1.807, 2.05) is 24.3 Å². The molecule has 0 bridgehead atoms. The molecule has 0 spiro atoms. The van der Waals surface area contributed by atoms with Gasteiger partial charge in [-0.2, -0.15) is 0 Å². The first-order chi connectivity index (χ1) is 11.2. The minimum absolute atomic E-state index is 0.00199. The topological polar surface area (TPSA) is 50.8 Å². The van der Waals surface area contributed by atoms with Crippen molar-refractivity contribution in [2.24, 2.45) is 5.92 Å². The Labute approximate surface area is 145 Å². The fourth-order valence-corrected chi connectivity index (χ4v) is 3.38. The Morgan fingerprint density at radius 2 is 1.83 bits per heavy atom. The molecule has 0 aromatic heterocycles. The van der Waals surface area contributed by atoms with Gasteiger partial charge >= 0.3 is 0 Å². The molecule has 0 saturated carbocycles. The number of amides is 1. The molecule has 6 heteroatoms. The quantitative estimate of drug-likeness (QED) is 0.850. The molecule has 0 radical (unpaired) electrons. The number of hydrogen-bond donors (Lipinski definition) is 1. The molecule has 1 aromatic rings. The van der Waals surface area contributed by atoms with Gasteiger partial charge in [-0.3, -0.25) is 4.79 Å². The Morgan fingerprint density at radius 3 is 2.48 bits per heavy atom. The molecule has 3 rings (SSSR count). The summed E-state index contributed by atoms with van der Waals surface area (Å²) >= 11 is 3.39. The van der Waals surface area contributed by atoms with E-state index in [2.05, 4.69) is 26.1 Å². The first-order valence-electron chi connectivity index (χ1n) is 8.22.